The number of nitrogens with one attached hydrogen (secondary N) is 2. The monoisotopic (exact) mass is 400 g/mol. The highest BCUT2D eigenvalue weighted by atomic mass is 16.6. The minimum absolute atomic E-state index is 0.152. The van der Waals surface area contributed by atoms with E-state index in [4.69, 9.17) is 4.74 Å². The highest BCUT2D eigenvalue weighted by Crippen LogP contribution is 2.28. The molecule has 0 saturated carbocycles. The van der Waals surface area contributed by atoms with Crippen molar-refractivity contribution in [3.63, 3.8) is 0 Å². The second kappa shape index (κ2) is 9.06. The summed E-state index contributed by atoms with van der Waals surface area (Å²) in [5, 5.41) is 16.7. The summed E-state index contributed by atoms with van der Waals surface area (Å²) in [7, 11) is 1.52. The van der Waals surface area contributed by atoms with Crippen LogP contribution in [0.4, 0.5) is 27.8 Å². The molecule has 2 N–H and O–H groups in total. The topological polar surface area (TPSA) is 140 Å². The molecule has 11 heteroatoms. The molecule has 2 aromatic rings. The van der Waals surface area contributed by atoms with Crippen LogP contribution in [0.15, 0.2) is 24.4 Å². The van der Waals surface area contributed by atoms with E-state index in [2.05, 4.69) is 20.6 Å². The van der Waals surface area contributed by atoms with Crippen molar-refractivity contribution >= 4 is 35.3 Å². The SMILES string of the molecule is COCCNc1cc(NC(=O)N2CCCc3ccc(C=O)nc32)ncc1[N+](=O)[O-]. The predicted molar refractivity (Wildman–Crippen MR) is 106 cm³/mol. The Morgan fingerprint density at radius 3 is 3.00 bits per heavy atom. The van der Waals surface area contributed by atoms with Crippen LogP contribution in [0, 0.1) is 10.1 Å². The number of methoxy groups -OCH3 is 1. The van der Waals surface area contributed by atoms with Gasteiger partial charge in [-0.2, -0.15) is 0 Å². The first-order valence-electron chi connectivity index (χ1n) is 8.94. The van der Waals surface area contributed by atoms with Crippen molar-refractivity contribution in [3.05, 3.63) is 45.8 Å². The van der Waals surface area contributed by atoms with Gasteiger partial charge in [0.2, 0.25) is 0 Å². The van der Waals surface area contributed by atoms with Gasteiger partial charge < -0.3 is 10.1 Å². The molecule has 0 fully saturated rings. The van der Waals surface area contributed by atoms with Crippen molar-refractivity contribution < 1.29 is 19.2 Å². The third-order valence-electron chi connectivity index (χ3n) is 4.36. The minimum Gasteiger partial charge on any atom is -0.383 e. The van der Waals surface area contributed by atoms with Gasteiger partial charge in [0.25, 0.3) is 0 Å². The van der Waals surface area contributed by atoms with Crippen LogP contribution in [-0.2, 0) is 11.2 Å². The second-order valence-electron chi connectivity index (χ2n) is 6.29. The van der Waals surface area contributed by atoms with Gasteiger partial charge in [0.05, 0.1) is 11.5 Å². The van der Waals surface area contributed by atoms with E-state index in [-0.39, 0.29) is 22.9 Å². The summed E-state index contributed by atoms with van der Waals surface area (Å²) in [4.78, 5) is 44.1. The van der Waals surface area contributed by atoms with Gasteiger partial charge in [-0.15, -0.1) is 0 Å². The van der Waals surface area contributed by atoms with Crippen molar-refractivity contribution in [2.45, 2.75) is 12.8 Å². The van der Waals surface area contributed by atoms with Gasteiger partial charge in [0.15, 0.2) is 6.29 Å². The number of nitro groups is 1. The summed E-state index contributed by atoms with van der Waals surface area (Å²) in [6.45, 7) is 1.14. The molecule has 0 spiro atoms. The Bertz CT molecular complexity index is 935. The van der Waals surface area contributed by atoms with E-state index < -0.39 is 11.0 Å². The molecule has 0 atom stereocenters. The number of aromatic nitrogens is 2. The number of aryl methyl sites for hydroxylation is 1. The Morgan fingerprint density at radius 1 is 1.45 bits per heavy atom. The van der Waals surface area contributed by atoms with E-state index >= 15 is 0 Å². The number of hydrogen-bond acceptors (Lipinski definition) is 8. The number of urea groups is 1. The maximum Gasteiger partial charge on any atom is 0.328 e. The standard InChI is InChI=1S/C18H20N6O5/c1-29-8-6-19-14-9-16(20-10-15(14)24(27)28)22-18(26)23-7-2-3-12-4-5-13(11-25)21-17(12)23/h4-5,9-11H,2-3,6-8H2,1H3,(H2,19,20,22,26). The van der Waals surface area contributed by atoms with Gasteiger partial charge in [-0.25, -0.2) is 14.8 Å². The molecule has 29 heavy (non-hydrogen) atoms. The molecule has 1 aliphatic heterocycles. The Kier molecular flexibility index (Phi) is 6.29. The highest BCUT2D eigenvalue weighted by Gasteiger charge is 2.25. The molecule has 152 valence electrons. The number of amides is 2. The van der Waals surface area contributed by atoms with Crippen molar-refractivity contribution in [1.82, 2.24) is 9.97 Å². The van der Waals surface area contributed by atoms with E-state index in [0.717, 1.165) is 24.6 Å². The zero-order chi connectivity index (χ0) is 20.8. The van der Waals surface area contributed by atoms with E-state index in [0.29, 0.717) is 31.8 Å². The van der Waals surface area contributed by atoms with Gasteiger partial charge in [0.1, 0.15) is 29.2 Å². The van der Waals surface area contributed by atoms with Crippen LogP contribution < -0.4 is 15.5 Å². The maximum absolute atomic E-state index is 12.8. The number of hydrogen-bond donors (Lipinski definition) is 2. The maximum atomic E-state index is 12.8. The molecular formula is C18H20N6O5. The van der Waals surface area contributed by atoms with Gasteiger partial charge in [-0.05, 0) is 24.5 Å². The van der Waals surface area contributed by atoms with E-state index in [9.17, 15) is 19.7 Å². The van der Waals surface area contributed by atoms with Gasteiger partial charge in [0, 0.05) is 26.3 Å². The van der Waals surface area contributed by atoms with Crippen LogP contribution in [-0.4, -0.2) is 54.0 Å². The highest BCUT2D eigenvalue weighted by molar-refractivity contribution is 6.01. The van der Waals surface area contributed by atoms with Crippen molar-refractivity contribution in [1.29, 1.82) is 0 Å². The molecule has 1 aliphatic rings. The van der Waals surface area contributed by atoms with Crippen LogP contribution in [0.2, 0.25) is 0 Å². The summed E-state index contributed by atoms with van der Waals surface area (Å²) in [5.74, 6) is 0.581. The molecule has 3 rings (SSSR count). The van der Waals surface area contributed by atoms with Crippen LogP contribution >= 0.6 is 0 Å². The zero-order valence-electron chi connectivity index (χ0n) is 15.8. The van der Waals surface area contributed by atoms with Gasteiger partial charge in [-0.1, -0.05) is 6.07 Å². The van der Waals surface area contributed by atoms with Gasteiger partial charge in [-0.3, -0.25) is 25.1 Å². The number of ether oxygens (including phenoxy) is 1. The summed E-state index contributed by atoms with van der Waals surface area (Å²) in [5.41, 5.74) is 1.12. The zero-order valence-corrected chi connectivity index (χ0v) is 15.8. The van der Waals surface area contributed by atoms with Crippen molar-refractivity contribution in [3.8, 4) is 0 Å². The van der Waals surface area contributed by atoms with Crippen LogP contribution in [0.5, 0.6) is 0 Å². The van der Waals surface area contributed by atoms with E-state index in [1.54, 1.807) is 12.1 Å². The first kappa shape index (κ1) is 20.1. The normalized spacial score (nSPS) is 12.8. The molecule has 3 heterocycles. The number of nitrogens with zero attached hydrogens (tertiary/aromatic N) is 4. The number of carbonyl (C=O) groups is 2. The molecule has 2 aromatic heterocycles. The minimum atomic E-state index is -0.556. The molecule has 0 bridgehead atoms. The molecule has 2 amide bonds. The fourth-order valence-corrected chi connectivity index (χ4v) is 2.99. The number of pyridine rings is 2. The Balaban J connectivity index is 1.81. The number of carbonyl (C=O) groups excluding carboxylic acids is 2. The molecule has 0 saturated heterocycles. The largest absolute Gasteiger partial charge is 0.383 e. The van der Waals surface area contributed by atoms with Crippen molar-refractivity contribution in [2.75, 3.05) is 42.3 Å². The lowest BCUT2D eigenvalue weighted by Gasteiger charge is -2.28. The average molecular weight is 400 g/mol. The fourth-order valence-electron chi connectivity index (χ4n) is 2.99. The van der Waals surface area contributed by atoms with E-state index in [1.807, 2.05) is 0 Å². The fraction of sp³-hybridized carbons (Fsp3) is 0.333. The predicted octanol–water partition coefficient (Wildman–Crippen LogP) is 2.24. The van der Waals surface area contributed by atoms with Crippen LogP contribution in [0.25, 0.3) is 0 Å². The molecule has 11 nitrogen and oxygen atoms in total. The molecule has 0 unspecified atom stereocenters. The van der Waals surface area contributed by atoms with Crippen LogP contribution in [0.3, 0.4) is 0 Å². The molecule has 0 aromatic carbocycles. The summed E-state index contributed by atoms with van der Waals surface area (Å²) in [6.07, 6.45) is 3.22. The average Bonchev–Trinajstić information content (AvgIpc) is 2.73. The number of rotatable bonds is 7. The quantitative estimate of drug-likeness (QED) is 0.312. The third kappa shape index (κ3) is 4.63. The van der Waals surface area contributed by atoms with Crippen LogP contribution in [0.1, 0.15) is 22.5 Å². The second-order valence-corrected chi connectivity index (χ2v) is 6.29. The summed E-state index contributed by atoms with van der Waals surface area (Å²) >= 11 is 0. The molecular weight excluding hydrogens is 380 g/mol. The lowest BCUT2D eigenvalue weighted by Crippen LogP contribution is -2.39. The molecule has 0 aliphatic carbocycles. The first-order valence-corrected chi connectivity index (χ1v) is 8.94. The number of aldehydes is 1. The first-order chi connectivity index (χ1) is 14.0. The lowest BCUT2D eigenvalue weighted by atomic mass is 10.1. The lowest BCUT2D eigenvalue weighted by molar-refractivity contribution is -0.384. The Labute approximate surface area is 166 Å². The molecule has 0 radical (unpaired) electrons. The summed E-state index contributed by atoms with van der Waals surface area (Å²) in [6, 6.07) is 4.31. The number of anilines is 3. The van der Waals surface area contributed by atoms with E-state index in [1.165, 1.54) is 18.1 Å². The van der Waals surface area contributed by atoms with Crippen molar-refractivity contribution in [2.24, 2.45) is 0 Å². The third-order valence-corrected chi connectivity index (χ3v) is 4.36. The Hall–Kier alpha value is -3.60. The number of fused-ring (bicyclic) bond motifs is 1. The smallest absolute Gasteiger partial charge is 0.328 e. The summed E-state index contributed by atoms with van der Waals surface area (Å²) < 4.78 is 4.93. The van der Waals surface area contributed by atoms with Gasteiger partial charge >= 0.3 is 11.7 Å². The Morgan fingerprint density at radius 2 is 2.28 bits per heavy atom.